The lowest BCUT2D eigenvalue weighted by Crippen LogP contribution is -2.32. The van der Waals surface area contributed by atoms with Crippen LogP contribution in [0.1, 0.15) is 30.4 Å². The van der Waals surface area contributed by atoms with Crippen molar-refractivity contribution in [3.8, 4) is 0 Å². The molecule has 3 nitrogen and oxygen atoms in total. The van der Waals surface area contributed by atoms with Gasteiger partial charge in [0, 0.05) is 0 Å². The zero-order valence-electron chi connectivity index (χ0n) is 9.23. The third-order valence-electron chi connectivity index (χ3n) is 2.34. The number of hydrogen-bond donors (Lipinski definition) is 0. The summed E-state index contributed by atoms with van der Waals surface area (Å²) in [7, 11) is -3.40. The summed E-state index contributed by atoms with van der Waals surface area (Å²) < 4.78 is 24.1. The molecule has 1 unspecified atom stereocenters. The number of thiophene rings is 1. The van der Waals surface area contributed by atoms with E-state index in [4.69, 9.17) is 11.6 Å². The number of ketones is 1. The maximum absolute atomic E-state index is 11.9. The molecule has 1 atom stereocenters. The smallest absolute Gasteiger partial charge is 0.190 e. The molecule has 6 heteroatoms. The van der Waals surface area contributed by atoms with Crippen LogP contribution < -0.4 is 0 Å². The van der Waals surface area contributed by atoms with Crippen molar-refractivity contribution in [1.82, 2.24) is 0 Å². The van der Waals surface area contributed by atoms with Crippen LogP contribution in [0.3, 0.4) is 0 Å². The van der Waals surface area contributed by atoms with E-state index >= 15 is 0 Å². The van der Waals surface area contributed by atoms with Gasteiger partial charge in [0.15, 0.2) is 15.6 Å². The van der Waals surface area contributed by atoms with Gasteiger partial charge in [-0.3, -0.25) is 4.79 Å². The van der Waals surface area contributed by atoms with E-state index < -0.39 is 20.3 Å². The molecule has 0 aliphatic heterocycles. The van der Waals surface area contributed by atoms with Crippen molar-refractivity contribution < 1.29 is 13.2 Å². The van der Waals surface area contributed by atoms with E-state index in [1.54, 1.807) is 26.0 Å². The van der Waals surface area contributed by atoms with Gasteiger partial charge in [-0.05, 0) is 32.9 Å². The molecule has 90 valence electrons. The predicted octanol–water partition coefficient (Wildman–Crippen LogP) is 2.80. The molecule has 0 spiro atoms. The van der Waals surface area contributed by atoms with Gasteiger partial charge in [-0.25, -0.2) is 8.42 Å². The van der Waals surface area contributed by atoms with Crippen LogP contribution in [0.25, 0.3) is 0 Å². The van der Waals surface area contributed by atoms with Gasteiger partial charge >= 0.3 is 0 Å². The lowest BCUT2D eigenvalue weighted by Gasteiger charge is -2.13. The summed E-state index contributed by atoms with van der Waals surface area (Å²) in [6, 6.07) is 3.15. The molecule has 16 heavy (non-hydrogen) atoms. The summed E-state index contributed by atoms with van der Waals surface area (Å²) in [5.41, 5.74) is 0. The summed E-state index contributed by atoms with van der Waals surface area (Å²) in [5, 5.41) is -1.57. The zero-order chi connectivity index (χ0) is 12.5. The minimum Gasteiger partial charge on any atom is -0.292 e. The maximum Gasteiger partial charge on any atom is 0.190 e. The molecule has 0 N–H and O–H groups in total. The van der Waals surface area contributed by atoms with Gasteiger partial charge in [-0.15, -0.1) is 11.3 Å². The summed E-state index contributed by atoms with van der Waals surface area (Å²) in [5.74, 6) is -0.384. The Bertz CT molecular complexity index is 488. The Kier molecular flexibility index (Phi) is 4.15. The van der Waals surface area contributed by atoms with Crippen LogP contribution in [0.4, 0.5) is 0 Å². The maximum atomic E-state index is 11.9. The number of Topliss-reactive ketones (excluding diaryl/α,β-unsaturated/α-hetero) is 1. The van der Waals surface area contributed by atoms with E-state index in [1.165, 1.54) is 6.92 Å². The topological polar surface area (TPSA) is 51.2 Å². The molecule has 0 saturated carbocycles. The monoisotopic (exact) mass is 280 g/mol. The highest BCUT2D eigenvalue weighted by Gasteiger charge is 2.31. The molecule has 0 aliphatic carbocycles. The van der Waals surface area contributed by atoms with Gasteiger partial charge in [0.2, 0.25) is 0 Å². The van der Waals surface area contributed by atoms with Crippen LogP contribution >= 0.6 is 22.9 Å². The van der Waals surface area contributed by atoms with Crippen LogP contribution in [0.15, 0.2) is 12.1 Å². The standard InChI is InChI=1S/C10H13ClO3S2/c1-6(2)16(13,14)7(3)10(12)8-4-5-9(11)15-8/h4-7H,1-3H3. The van der Waals surface area contributed by atoms with Gasteiger partial charge in [-0.2, -0.15) is 0 Å². The van der Waals surface area contributed by atoms with Gasteiger partial charge in [-0.1, -0.05) is 11.6 Å². The molecule has 0 radical (unpaired) electrons. The lowest BCUT2D eigenvalue weighted by atomic mass is 10.2. The van der Waals surface area contributed by atoms with Gasteiger partial charge in [0.1, 0.15) is 5.25 Å². The van der Waals surface area contributed by atoms with Crippen molar-refractivity contribution in [2.45, 2.75) is 31.3 Å². The van der Waals surface area contributed by atoms with E-state index in [0.717, 1.165) is 11.3 Å². The van der Waals surface area contributed by atoms with Crippen LogP contribution in [-0.4, -0.2) is 24.7 Å². The Hall–Kier alpha value is -0.390. The fourth-order valence-corrected chi connectivity index (χ4v) is 3.59. The Morgan fingerprint density at radius 2 is 1.88 bits per heavy atom. The average Bonchev–Trinajstić information content (AvgIpc) is 2.62. The fourth-order valence-electron chi connectivity index (χ4n) is 1.20. The molecule has 1 aromatic rings. The van der Waals surface area contributed by atoms with Crippen molar-refractivity contribution in [2.75, 3.05) is 0 Å². The molecule has 0 bridgehead atoms. The van der Waals surface area contributed by atoms with Crippen LogP contribution in [0.2, 0.25) is 4.34 Å². The molecule has 0 amide bonds. The number of sulfone groups is 1. The Labute approximate surface area is 104 Å². The molecule has 0 saturated heterocycles. The molecule has 0 aromatic carbocycles. The summed E-state index contributed by atoms with van der Waals surface area (Å²) >= 11 is 6.81. The van der Waals surface area contributed by atoms with E-state index in [9.17, 15) is 13.2 Å². The molecule has 1 heterocycles. The highest BCUT2D eigenvalue weighted by molar-refractivity contribution is 7.93. The van der Waals surface area contributed by atoms with E-state index in [0.29, 0.717) is 9.21 Å². The first-order valence-electron chi connectivity index (χ1n) is 4.79. The molecule has 1 aromatic heterocycles. The average molecular weight is 281 g/mol. The summed E-state index contributed by atoms with van der Waals surface area (Å²) in [4.78, 5) is 12.3. The first kappa shape index (κ1) is 13.7. The van der Waals surface area contributed by atoms with Crippen molar-refractivity contribution in [1.29, 1.82) is 0 Å². The Morgan fingerprint density at radius 3 is 2.25 bits per heavy atom. The molecule has 0 fully saturated rings. The number of rotatable bonds is 4. The van der Waals surface area contributed by atoms with Crippen molar-refractivity contribution >= 4 is 38.6 Å². The first-order valence-corrected chi connectivity index (χ1v) is 7.59. The Balaban J connectivity index is 3.00. The SMILES string of the molecule is CC(C)S(=O)(=O)C(C)C(=O)c1ccc(Cl)s1. The second-order valence-corrected chi connectivity index (χ2v) is 8.29. The van der Waals surface area contributed by atoms with Gasteiger partial charge in [0.05, 0.1) is 14.5 Å². The number of hydrogen-bond acceptors (Lipinski definition) is 4. The summed E-state index contributed by atoms with van der Waals surface area (Å²) in [6.07, 6.45) is 0. The van der Waals surface area contributed by atoms with E-state index in [1.807, 2.05) is 0 Å². The van der Waals surface area contributed by atoms with Crippen LogP contribution in [-0.2, 0) is 9.84 Å². The third-order valence-corrected chi connectivity index (χ3v) is 6.09. The number of carbonyl (C=O) groups excluding carboxylic acids is 1. The third kappa shape index (κ3) is 2.64. The van der Waals surface area contributed by atoms with Crippen molar-refractivity contribution in [3.63, 3.8) is 0 Å². The predicted molar refractivity (Wildman–Crippen MR) is 67.2 cm³/mol. The zero-order valence-corrected chi connectivity index (χ0v) is 11.6. The van der Waals surface area contributed by atoms with Crippen LogP contribution in [0, 0.1) is 0 Å². The second-order valence-electron chi connectivity index (χ2n) is 3.75. The lowest BCUT2D eigenvalue weighted by molar-refractivity contribution is 0.0995. The molecule has 0 aliphatic rings. The largest absolute Gasteiger partial charge is 0.292 e. The van der Waals surface area contributed by atoms with Crippen molar-refractivity contribution in [3.05, 3.63) is 21.3 Å². The summed E-state index contributed by atoms with van der Waals surface area (Å²) in [6.45, 7) is 4.56. The Morgan fingerprint density at radius 1 is 1.31 bits per heavy atom. The fraction of sp³-hybridized carbons (Fsp3) is 0.500. The van der Waals surface area contributed by atoms with Crippen molar-refractivity contribution in [2.24, 2.45) is 0 Å². The molecular weight excluding hydrogens is 268 g/mol. The molecule has 1 rings (SSSR count). The highest BCUT2D eigenvalue weighted by atomic mass is 35.5. The molecular formula is C10H13ClO3S2. The van der Waals surface area contributed by atoms with Crippen LogP contribution in [0.5, 0.6) is 0 Å². The number of carbonyl (C=O) groups is 1. The van der Waals surface area contributed by atoms with E-state index in [-0.39, 0.29) is 5.78 Å². The quantitative estimate of drug-likeness (QED) is 0.797. The van der Waals surface area contributed by atoms with Gasteiger partial charge in [0.25, 0.3) is 0 Å². The normalized spacial score (nSPS) is 14.1. The second kappa shape index (κ2) is 4.85. The first-order chi connectivity index (χ1) is 7.26. The van der Waals surface area contributed by atoms with E-state index in [2.05, 4.69) is 0 Å². The highest BCUT2D eigenvalue weighted by Crippen LogP contribution is 2.24. The number of halogens is 1. The van der Waals surface area contributed by atoms with Gasteiger partial charge < -0.3 is 0 Å². The minimum absolute atomic E-state index is 0.384. The minimum atomic E-state index is -3.40.